The van der Waals surface area contributed by atoms with E-state index in [1.807, 2.05) is 12.1 Å². The number of anilines is 1. The molecule has 2 heterocycles. The zero-order valence-electron chi connectivity index (χ0n) is 11.8. The molecule has 0 bridgehead atoms. The number of fused-ring (bicyclic) bond motifs is 1. The molecular weight excluding hydrogens is 268 g/mol. The number of aromatic amines is 1. The third kappa shape index (κ3) is 2.33. The number of nitrogens with zero attached hydrogens (tertiary/aromatic N) is 1. The number of hydrogen-bond acceptors (Lipinski definition) is 3. The van der Waals surface area contributed by atoms with Gasteiger partial charge in [-0.3, -0.25) is 9.59 Å². The summed E-state index contributed by atoms with van der Waals surface area (Å²) >= 11 is 0. The predicted octanol–water partition coefficient (Wildman–Crippen LogP) is 1.10. The van der Waals surface area contributed by atoms with Crippen LogP contribution in [0.15, 0.2) is 24.3 Å². The minimum absolute atomic E-state index is 0.110. The molecule has 21 heavy (non-hydrogen) atoms. The van der Waals surface area contributed by atoms with Gasteiger partial charge in [0.15, 0.2) is 0 Å². The molecule has 1 saturated heterocycles. The lowest BCUT2D eigenvalue weighted by molar-refractivity contribution is -0.124. The van der Waals surface area contributed by atoms with Gasteiger partial charge in [0.25, 0.3) is 5.91 Å². The van der Waals surface area contributed by atoms with Crippen LogP contribution in [0.1, 0.15) is 23.3 Å². The molecule has 1 aliphatic rings. The number of likely N-dealkylation sites (tertiary alicyclic amines) is 1. The fourth-order valence-electron chi connectivity index (χ4n) is 2.87. The summed E-state index contributed by atoms with van der Waals surface area (Å²) in [5.74, 6) is -0.253. The van der Waals surface area contributed by atoms with Crippen LogP contribution < -0.4 is 11.1 Å². The van der Waals surface area contributed by atoms with Crippen molar-refractivity contribution >= 4 is 28.4 Å². The number of amides is 2. The molecule has 0 aliphatic carbocycles. The molecule has 6 nitrogen and oxygen atoms in total. The first-order chi connectivity index (χ1) is 10.1. The van der Waals surface area contributed by atoms with Crippen molar-refractivity contribution < 1.29 is 9.59 Å². The lowest BCUT2D eigenvalue weighted by Crippen LogP contribution is -2.45. The highest BCUT2D eigenvalue weighted by Gasteiger charge is 2.34. The number of nitrogens with one attached hydrogen (secondary N) is 2. The van der Waals surface area contributed by atoms with Crippen LogP contribution in [0.2, 0.25) is 0 Å². The second-order valence-electron chi connectivity index (χ2n) is 5.30. The summed E-state index contributed by atoms with van der Waals surface area (Å²) in [7, 11) is 1.59. The molecule has 4 N–H and O–H groups in total. The van der Waals surface area contributed by atoms with E-state index < -0.39 is 0 Å². The van der Waals surface area contributed by atoms with E-state index in [9.17, 15) is 9.59 Å². The Balaban J connectivity index is 1.91. The molecule has 6 heteroatoms. The van der Waals surface area contributed by atoms with Gasteiger partial charge in [0, 0.05) is 30.2 Å². The van der Waals surface area contributed by atoms with Crippen molar-refractivity contribution in [2.75, 3.05) is 19.3 Å². The van der Waals surface area contributed by atoms with Gasteiger partial charge in [0.1, 0.15) is 11.7 Å². The van der Waals surface area contributed by atoms with Crippen LogP contribution in [0.5, 0.6) is 0 Å². The van der Waals surface area contributed by atoms with Gasteiger partial charge in [-0.05, 0) is 37.1 Å². The van der Waals surface area contributed by atoms with Crippen LogP contribution in [0.4, 0.5) is 5.69 Å². The van der Waals surface area contributed by atoms with E-state index in [0.717, 1.165) is 17.3 Å². The largest absolute Gasteiger partial charge is 0.399 e. The van der Waals surface area contributed by atoms with Crippen LogP contribution >= 0.6 is 0 Å². The Morgan fingerprint density at radius 2 is 2.19 bits per heavy atom. The number of rotatable bonds is 2. The standard InChI is InChI=1S/C15H18N4O2/c1-17-14(20)13-3-2-6-19(13)15(21)12-8-9-7-10(16)4-5-11(9)18-12/h4-5,7-8,13,18H,2-3,6,16H2,1H3,(H,17,20). The topological polar surface area (TPSA) is 91.2 Å². The quantitative estimate of drug-likeness (QED) is 0.722. The van der Waals surface area contributed by atoms with E-state index >= 15 is 0 Å². The highest BCUT2D eigenvalue weighted by molar-refractivity contribution is 6.00. The summed E-state index contributed by atoms with van der Waals surface area (Å²) < 4.78 is 0. The molecule has 2 aromatic rings. The molecule has 110 valence electrons. The SMILES string of the molecule is CNC(=O)C1CCCN1C(=O)c1cc2cc(N)ccc2[nH]1. The monoisotopic (exact) mass is 286 g/mol. The van der Waals surface area contributed by atoms with Gasteiger partial charge < -0.3 is 20.9 Å². The molecule has 1 aromatic heterocycles. The zero-order chi connectivity index (χ0) is 15.0. The van der Waals surface area contributed by atoms with Crippen molar-refractivity contribution in [2.24, 2.45) is 0 Å². The van der Waals surface area contributed by atoms with Crippen LogP contribution in [-0.4, -0.2) is 41.3 Å². The zero-order valence-corrected chi connectivity index (χ0v) is 11.8. The summed E-state index contributed by atoms with van der Waals surface area (Å²) in [6.45, 7) is 0.606. The Labute approximate surface area is 122 Å². The summed E-state index contributed by atoms with van der Waals surface area (Å²) in [5, 5.41) is 3.51. The van der Waals surface area contributed by atoms with Gasteiger partial charge in [-0.1, -0.05) is 0 Å². The van der Waals surface area contributed by atoms with Gasteiger partial charge in [-0.2, -0.15) is 0 Å². The molecule has 0 spiro atoms. The molecule has 2 amide bonds. The Kier molecular flexibility index (Phi) is 3.29. The van der Waals surface area contributed by atoms with Gasteiger partial charge in [-0.25, -0.2) is 0 Å². The highest BCUT2D eigenvalue weighted by Crippen LogP contribution is 2.23. The van der Waals surface area contributed by atoms with Crippen LogP contribution in [0.25, 0.3) is 10.9 Å². The van der Waals surface area contributed by atoms with Crippen molar-refractivity contribution in [3.05, 3.63) is 30.0 Å². The number of hydrogen-bond donors (Lipinski definition) is 3. The fraction of sp³-hybridized carbons (Fsp3) is 0.333. The lowest BCUT2D eigenvalue weighted by Gasteiger charge is -2.22. The van der Waals surface area contributed by atoms with E-state index in [-0.39, 0.29) is 17.9 Å². The summed E-state index contributed by atoms with van der Waals surface area (Å²) in [4.78, 5) is 29.2. The summed E-state index contributed by atoms with van der Waals surface area (Å²) in [6, 6.07) is 6.87. The van der Waals surface area contributed by atoms with E-state index in [1.165, 1.54) is 0 Å². The summed E-state index contributed by atoms with van der Waals surface area (Å²) in [6.07, 6.45) is 1.55. The number of nitrogens with two attached hydrogens (primary N) is 1. The number of carbonyl (C=O) groups is 2. The molecule has 1 unspecified atom stereocenters. The molecule has 0 saturated carbocycles. The van der Waals surface area contributed by atoms with E-state index in [1.54, 1.807) is 24.1 Å². The first kappa shape index (κ1) is 13.5. The van der Waals surface area contributed by atoms with Crippen molar-refractivity contribution in [3.8, 4) is 0 Å². The normalized spacial score (nSPS) is 18.1. The maximum absolute atomic E-state index is 12.6. The Bertz CT molecular complexity index is 707. The Hall–Kier alpha value is -2.50. The number of benzene rings is 1. The minimum atomic E-state index is -0.376. The third-order valence-corrected chi connectivity index (χ3v) is 3.94. The van der Waals surface area contributed by atoms with Crippen molar-refractivity contribution in [3.63, 3.8) is 0 Å². The van der Waals surface area contributed by atoms with E-state index in [2.05, 4.69) is 10.3 Å². The number of H-pyrrole nitrogens is 1. The first-order valence-electron chi connectivity index (χ1n) is 7.01. The van der Waals surface area contributed by atoms with Gasteiger partial charge in [-0.15, -0.1) is 0 Å². The maximum atomic E-state index is 12.6. The molecule has 1 atom stereocenters. The second kappa shape index (κ2) is 5.12. The first-order valence-corrected chi connectivity index (χ1v) is 7.01. The smallest absolute Gasteiger partial charge is 0.270 e. The van der Waals surface area contributed by atoms with E-state index in [0.29, 0.717) is 24.3 Å². The van der Waals surface area contributed by atoms with Gasteiger partial charge in [0.2, 0.25) is 5.91 Å². The molecule has 1 fully saturated rings. The van der Waals surface area contributed by atoms with Crippen molar-refractivity contribution in [1.82, 2.24) is 15.2 Å². The fourth-order valence-corrected chi connectivity index (χ4v) is 2.87. The van der Waals surface area contributed by atoms with Gasteiger partial charge in [0.05, 0.1) is 0 Å². The second-order valence-corrected chi connectivity index (χ2v) is 5.30. The molecule has 1 aliphatic heterocycles. The minimum Gasteiger partial charge on any atom is -0.399 e. The average molecular weight is 286 g/mol. The van der Waals surface area contributed by atoms with Gasteiger partial charge >= 0.3 is 0 Å². The number of likely N-dealkylation sites (N-methyl/N-ethyl adjacent to an activating group) is 1. The summed E-state index contributed by atoms with van der Waals surface area (Å²) in [5.41, 5.74) is 7.76. The Morgan fingerprint density at radius 1 is 1.38 bits per heavy atom. The molecule has 3 rings (SSSR count). The average Bonchev–Trinajstić information content (AvgIpc) is 3.11. The van der Waals surface area contributed by atoms with Crippen molar-refractivity contribution in [1.29, 1.82) is 0 Å². The third-order valence-electron chi connectivity index (χ3n) is 3.94. The van der Waals surface area contributed by atoms with Crippen LogP contribution in [0.3, 0.4) is 0 Å². The van der Waals surface area contributed by atoms with Crippen molar-refractivity contribution in [2.45, 2.75) is 18.9 Å². The number of aromatic nitrogens is 1. The van der Waals surface area contributed by atoms with E-state index in [4.69, 9.17) is 5.73 Å². The predicted molar refractivity (Wildman–Crippen MR) is 80.8 cm³/mol. The molecule has 1 aromatic carbocycles. The number of carbonyl (C=O) groups excluding carboxylic acids is 2. The number of nitrogen functional groups attached to an aromatic ring is 1. The molecular formula is C15H18N4O2. The highest BCUT2D eigenvalue weighted by atomic mass is 16.2. The molecule has 0 radical (unpaired) electrons. The Morgan fingerprint density at radius 3 is 2.95 bits per heavy atom. The van der Waals surface area contributed by atoms with Crippen LogP contribution in [-0.2, 0) is 4.79 Å². The lowest BCUT2D eigenvalue weighted by atomic mass is 10.2. The maximum Gasteiger partial charge on any atom is 0.270 e. The van der Waals surface area contributed by atoms with Crippen LogP contribution in [0, 0.1) is 0 Å².